The quantitative estimate of drug-likeness (QED) is 0.718. The smallest absolute Gasteiger partial charge is 0.496 e. The van der Waals surface area contributed by atoms with Gasteiger partial charge in [-0.3, -0.25) is 0 Å². The molecule has 0 bridgehead atoms. The van der Waals surface area contributed by atoms with E-state index in [2.05, 4.69) is 4.74 Å². The van der Waals surface area contributed by atoms with Crippen LogP contribution in [0.25, 0.3) is 0 Å². The molecule has 136 valence electrons. The average molecular weight is 378 g/mol. The Hall–Kier alpha value is -2.62. The van der Waals surface area contributed by atoms with Gasteiger partial charge in [0.25, 0.3) is 0 Å². The molecule has 0 saturated carbocycles. The fourth-order valence-electron chi connectivity index (χ4n) is 1.83. The molecule has 0 aromatic heterocycles. The van der Waals surface area contributed by atoms with Crippen molar-refractivity contribution in [2.45, 2.75) is 11.3 Å². The number of rotatable bonds is 6. The highest BCUT2D eigenvalue weighted by Crippen LogP contribution is 2.30. The van der Waals surface area contributed by atoms with Crippen molar-refractivity contribution >= 4 is 10.1 Å². The highest BCUT2D eigenvalue weighted by atomic mass is 32.2. The zero-order valence-electron chi connectivity index (χ0n) is 13.0. The molecule has 2 aromatic carbocycles. The third kappa shape index (κ3) is 5.18. The lowest BCUT2D eigenvalue weighted by Gasteiger charge is -2.12. The van der Waals surface area contributed by atoms with Gasteiger partial charge in [-0.05, 0) is 12.1 Å². The summed E-state index contributed by atoms with van der Waals surface area (Å²) in [5.41, 5.74) is 0. The summed E-state index contributed by atoms with van der Waals surface area (Å²) >= 11 is 0. The molecule has 0 N–H and O–H groups in total. The van der Waals surface area contributed by atoms with Crippen LogP contribution in [-0.4, -0.2) is 29.0 Å². The fraction of sp³-hybridized carbons (Fsp3) is 0.200. The number of ether oxygens (including phenoxy) is 3. The summed E-state index contributed by atoms with van der Waals surface area (Å²) in [6, 6.07) is 7.93. The molecule has 0 amide bonds. The summed E-state index contributed by atoms with van der Waals surface area (Å²) in [6.07, 6.45) is -4.94. The zero-order valence-corrected chi connectivity index (χ0v) is 13.8. The van der Waals surface area contributed by atoms with Crippen LogP contribution in [0.2, 0.25) is 0 Å². The Balaban J connectivity index is 2.32. The molecule has 0 heterocycles. The lowest BCUT2D eigenvalue weighted by molar-refractivity contribution is -0.274. The van der Waals surface area contributed by atoms with Gasteiger partial charge in [-0.15, -0.1) is 13.2 Å². The molecule has 0 atom stereocenters. The van der Waals surface area contributed by atoms with Crippen LogP contribution in [0.1, 0.15) is 0 Å². The number of halogens is 3. The maximum atomic E-state index is 12.3. The first-order chi connectivity index (χ1) is 11.6. The molecule has 0 saturated heterocycles. The van der Waals surface area contributed by atoms with E-state index in [-0.39, 0.29) is 17.2 Å². The lowest BCUT2D eigenvalue weighted by Crippen LogP contribution is -2.17. The van der Waals surface area contributed by atoms with Crippen LogP contribution in [0.5, 0.6) is 23.0 Å². The van der Waals surface area contributed by atoms with Crippen LogP contribution in [0.15, 0.2) is 47.4 Å². The third-order valence-electron chi connectivity index (χ3n) is 2.86. The number of methoxy groups -OCH3 is 2. The monoisotopic (exact) mass is 378 g/mol. The maximum absolute atomic E-state index is 12.3. The summed E-state index contributed by atoms with van der Waals surface area (Å²) in [5, 5.41) is 0. The van der Waals surface area contributed by atoms with E-state index in [9.17, 15) is 21.6 Å². The minimum atomic E-state index is -4.94. The van der Waals surface area contributed by atoms with Crippen LogP contribution >= 0.6 is 0 Å². The maximum Gasteiger partial charge on any atom is 0.573 e. The number of benzene rings is 2. The molecule has 0 aliphatic rings. The number of hydrogen-bond donors (Lipinski definition) is 0. The van der Waals surface area contributed by atoms with E-state index in [0.717, 1.165) is 18.2 Å². The molecule has 2 aromatic rings. The molecule has 10 heteroatoms. The van der Waals surface area contributed by atoms with Crippen LogP contribution in [0, 0.1) is 0 Å². The fourth-order valence-corrected chi connectivity index (χ4v) is 2.78. The van der Waals surface area contributed by atoms with Gasteiger partial charge >= 0.3 is 16.5 Å². The zero-order chi connectivity index (χ0) is 18.7. The second kappa shape index (κ2) is 7.09. The second-order valence-corrected chi connectivity index (χ2v) is 6.15. The van der Waals surface area contributed by atoms with Crippen LogP contribution in [0.4, 0.5) is 13.2 Å². The lowest BCUT2D eigenvalue weighted by atomic mass is 10.3. The van der Waals surface area contributed by atoms with Crippen molar-refractivity contribution in [1.82, 2.24) is 0 Å². The summed E-state index contributed by atoms with van der Waals surface area (Å²) in [7, 11) is -1.67. The summed E-state index contributed by atoms with van der Waals surface area (Å²) < 4.78 is 79.9. The second-order valence-electron chi connectivity index (χ2n) is 4.61. The molecule has 0 fully saturated rings. The van der Waals surface area contributed by atoms with Crippen LogP contribution < -0.4 is 18.4 Å². The number of alkyl halides is 3. The molecule has 25 heavy (non-hydrogen) atoms. The molecule has 0 radical (unpaired) electrons. The van der Waals surface area contributed by atoms with E-state index in [0.29, 0.717) is 6.07 Å². The Labute approximate surface area is 141 Å². The van der Waals surface area contributed by atoms with Gasteiger partial charge in [-0.2, -0.15) is 8.42 Å². The van der Waals surface area contributed by atoms with Gasteiger partial charge in [0.1, 0.15) is 27.9 Å². The normalized spacial score (nSPS) is 11.7. The van der Waals surface area contributed by atoms with Gasteiger partial charge < -0.3 is 18.4 Å². The molecular weight excluding hydrogens is 365 g/mol. The minimum Gasteiger partial charge on any atom is -0.496 e. The van der Waals surface area contributed by atoms with Crippen molar-refractivity contribution in [1.29, 1.82) is 0 Å². The Bertz CT molecular complexity index is 826. The number of hydrogen-bond acceptors (Lipinski definition) is 6. The first kappa shape index (κ1) is 18.7. The molecule has 0 spiro atoms. The topological polar surface area (TPSA) is 71.1 Å². The van der Waals surface area contributed by atoms with Crippen LogP contribution in [0.3, 0.4) is 0 Å². The van der Waals surface area contributed by atoms with Crippen molar-refractivity contribution in [2.75, 3.05) is 14.2 Å². The van der Waals surface area contributed by atoms with Crippen molar-refractivity contribution in [3.63, 3.8) is 0 Å². The Morgan fingerprint density at radius 1 is 0.840 bits per heavy atom. The summed E-state index contributed by atoms with van der Waals surface area (Å²) in [6.45, 7) is 0. The highest BCUT2D eigenvalue weighted by molar-refractivity contribution is 7.87. The molecule has 0 unspecified atom stereocenters. The van der Waals surface area contributed by atoms with Crippen molar-refractivity contribution in [3.05, 3.63) is 42.5 Å². The van der Waals surface area contributed by atoms with Gasteiger partial charge in [0.2, 0.25) is 0 Å². The standard InChI is InChI=1S/C15H13F3O6S/c1-21-11-6-12(22-2)8-13(7-11)24-25(19,20)14-5-3-4-10(9-14)23-15(16,17)18/h3-9H,1-2H3. The van der Waals surface area contributed by atoms with E-state index in [4.69, 9.17) is 13.7 Å². The summed E-state index contributed by atoms with van der Waals surface area (Å²) in [5.74, 6) is -0.254. The Morgan fingerprint density at radius 2 is 1.40 bits per heavy atom. The average Bonchev–Trinajstić information content (AvgIpc) is 2.52. The third-order valence-corrected chi connectivity index (χ3v) is 4.10. The van der Waals surface area contributed by atoms with Crippen LogP contribution in [-0.2, 0) is 10.1 Å². The minimum absolute atomic E-state index is 0.127. The predicted octanol–water partition coefficient (Wildman–Crippen LogP) is 3.37. The van der Waals surface area contributed by atoms with Gasteiger partial charge in [-0.25, -0.2) is 0 Å². The molecule has 6 nitrogen and oxygen atoms in total. The van der Waals surface area contributed by atoms with Gasteiger partial charge in [0.05, 0.1) is 14.2 Å². The van der Waals surface area contributed by atoms with E-state index >= 15 is 0 Å². The molecule has 0 aliphatic heterocycles. The predicted molar refractivity (Wildman–Crippen MR) is 80.5 cm³/mol. The van der Waals surface area contributed by atoms with Crippen molar-refractivity contribution in [2.24, 2.45) is 0 Å². The van der Waals surface area contributed by atoms with Gasteiger partial charge in [-0.1, -0.05) is 6.07 Å². The van der Waals surface area contributed by atoms with E-state index in [1.807, 2.05) is 0 Å². The van der Waals surface area contributed by atoms with Crippen molar-refractivity contribution < 1.29 is 40.0 Å². The summed E-state index contributed by atoms with van der Waals surface area (Å²) in [4.78, 5) is -0.504. The Morgan fingerprint density at radius 3 is 1.92 bits per heavy atom. The van der Waals surface area contributed by atoms with E-state index < -0.39 is 27.1 Å². The largest absolute Gasteiger partial charge is 0.573 e. The van der Waals surface area contributed by atoms with Crippen molar-refractivity contribution in [3.8, 4) is 23.0 Å². The first-order valence-corrected chi connectivity index (χ1v) is 8.07. The Kier molecular flexibility index (Phi) is 5.31. The first-order valence-electron chi connectivity index (χ1n) is 6.66. The van der Waals surface area contributed by atoms with E-state index in [1.54, 1.807) is 0 Å². The SMILES string of the molecule is COc1cc(OC)cc(OS(=O)(=O)c2cccc(OC(F)(F)F)c2)c1. The molecular formula is C15H13F3O6S. The highest BCUT2D eigenvalue weighted by Gasteiger charge is 2.31. The molecule has 0 aliphatic carbocycles. The van der Waals surface area contributed by atoms with E-state index in [1.165, 1.54) is 32.4 Å². The molecule has 2 rings (SSSR count). The van der Waals surface area contributed by atoms with Gasteiger partial charge in [0, 0.05) is 24.3 Å². The van der Waals surface area contributed by atoms with Gasteiger partial charge in [0.15, 0.2) is 0 Å².